The third kappa shape index (κ3) is 0.962. The Kier molecular flexibility index (Phi) is 1.45. The second-order valence-corrected chi connectivity index (χ2v) is 1.53. The molecule has 0 spiro atoms. The Morgan fingerprint density at radius 2 is 2.62 bits per heavy atom. The van der Waals surface area contributed by atoms with Crippen LogP contribution in [0.4, 0.5) is 0 Å². The van der Waals surface area contributed by atoms with E-state index in [1.807, 2.05) is 0 Å². The van der Waals surface area contributed by atoms with Gasteiger partial charge in [-0.1, -0.05) is 0 Å². The normalized spacial score (nSPS) is 9.75. The average molecular weight is 134 g/mol. The van der Waals surface area contributed by atoms with E-state index in [-0.39, 0.29) is 12.0 Å². The van der Waals surface area contributed by atoms with Crippen LogP contribution in [0.1, 0.15) is 0 Å². The minimum atomic E-state index is -0.181. The highest BCUT2D eigenvalue weighted by Crippen LogP contribution is 1.94. The smallest absolute Gasteiger partial charge is 0.242 e. The predicted octanol–water partition coefficient (Wildman–Crippen LogP) is -0.119. The molecule has 44 valence electrons. The van der Waals surface area contributed by atoms with E-state index in [0.717, 1.165) is 0 Å². The third-order valence-corrected chi connectivity index (χ3v) is 0.827. The lowest BCUT2D eigenvalue weighted by Gasteiger charge is -1.85. The summed E-state index contributed by atoms with van der Waals surface area (Å²) in [5.74, 6) is 0. The number of hydrogen-bond donors (Lipinski definition) is 1. The zero-order valence-electron chi connectivity index (χ0n) is 3.95. The maximum absolute atomic E-state index is 8.35. The van der Waals surface area contributed by atoms with Gasteiger partial charge >= 0.3 is 0 Å². The van der Waals surface area contributed by atoms with E-state index in [0.29, 0.717) is 0 Å². The largest absolute Gasteiger partial charge is 0.374 e. The summed E-state index contributed by atoms with van der Waals surface area (Å²) in [6, 6.07) is 0. The summed E-state index contributed by atoms with van der Waals surface area (Å²) in [5.41, 5.74) is 0. The third-order valence-electron chi connectivity index (χ3n) is 0.653. The van der Waals surface area contributed by atoms with E-state index in [9.17, 15) is 0 Å². The molecule has 1 heterocycles. The summed E-state index contributed by atoms with van der Waals surface area (Å²) >= 11 is 5.28. The van der Waals surface area contributed by atoms with Crippen LogP contribution < -0.4 is 0 Å². The molecule has 0 aliphatic rings. The molecule has 0 aliphatic heterocycles. The molecular weight excluding hydrogens is 130 g/mol. The van der Waals surface area contributed by atoms with Gasteiger partial charge in [0.05, 0.1) is 0 Å². The number of nitrogens with zero attached hydrogens (tertiary/aromatic N) is 3. The van der Waals surface area contributed by atoms with Crippen LogP contribution in [0, 0.1) is 0 Å². The molecule has 8 heavy (non-hydrogen) atoms. The van der Waals surface area contributed by atoms with Gasteiger partial charge in [0, 0.05) is 0 Å². The zero-order chi connectivity index (χ0) is 5.98. The second kappa shape index (κ2) is 2.11. The number of hydrogen-bond acceptors (Lipinski definition) is 3. The SMILES string of the molecule is OCn1cnc(Cl)n1. The van der Waals surface area contributed by atoms with Crippen LogP contribution >= 0.6 is 11.6 Å². The Balaban J connectivity index is 2.84. The fourth-order valence-corrected chi connectivity index (χ4v) is 0.481. The molecule has 0 atom stereocenters. The number of rotatable bonds is 1. The first-order valence-corrected chi connectivity index (χ1v) is 2.36. The first-order valence-electron chi connectivity index (χ1n) is 1.99. The number of aliphatic hydroxyl groups is 1. The highest BCUT2D eigenvalue weighted by molar-refractivity contribution is 6.28. The van der Waals surface area contributed by atoms with Crippen molar-refractivity contribution in [2.24, 2.45) is 0 Å². The van der Waals surface area contributed by atoms with Crippen molar-refractivity contribution in [3.05, 3.63) is 11.6 Å². The van der Waals surface area contributed by atoms with Crippen molar-refractivity contribution in [3.63, 3.8) is 0 Å². The monoisotopic (exact) mass is 133 g/mol. The molecule has 1 aromatic heterocycles. The van der Waals surface area contributed by atoms with E-state index >= 15 is 0 Å². The lowest BCUT2D eigenvalue weighted by Crippen LogP contribution is -1.95. The van der Waals surface area contributed by atoms with E-state index in [1.54, 1.807) is 0 Å². The molecule has 1 N–H and O–H groups in total. The van der Waals surface area contributed by atoms with Gasteiger partial charge in [0.2, 0.25) is 5.28 Å². The number of aliphatic hydroxyl groups excluding tert-OH is 1. The Hall–Kier alpha value is -0.610. The molecule has 0 radical (unpaired) electrons. The van der Waals surface area contributed by atoms with Crippen molar-refractivity contribution >= 4 is 11.6 Å². The molecule has 0 amide bonds. The Morgan fingerprint density at radius 3 is 2.88 bits per heavy atom. The predicted molar refractivity (Wildman–Crippen MR) is 27.3 cm³/mol. The first-order chi connectivity index (χ1) is 3.83. The Morgan fingerprint density at radius 1 is 1.88 bits per heavy atom. The minimum Gasteiger partial charge on any atom is -0.374 e. The second-order valence-electron chi connectivity index (χ2n) is 1.19. The van der Waals surface area contributed by atoms with Crippen LogP contribution in [0.5, 0.6) is 0 Å². The van der Waals surface area contributed by atoms with Gasteiger partial charge in [-0.3, -0.25) is 0 Å². The van der Waals surface area contributed by atoms with E-state index in [1.165, 1.54) is 11.0 Å². The van der Waals surface area contributed by atoms with Gasteiger partial charge in [-0.15, -0.1) is 5.10 Å². The van der Waals surface area contributed by atoms with Crippen molar-refractivity contribution in [2.75, 3.05) is 0 Å². The molecule has 0 aromatic carbocycles. The maximum atomic E-state index is 8.35. The lowest BCUT2D eigenvalue weighted by molar-refractivity contribution is 0.195. The van der Waals surface area contributed by atoms with E-state index in [2.05, 4.69) is 10.1 Å². The molecule has 0 bridgehead atoms. The van der Waals surface area contributed by atoms with Crippen LogP contribution in [0.15, 0.2) is 6.33 Å². The topological polar surface area (TPSA) is 50.9 Å². The molecule has 4 nitrogen and oxygen atoms in total. The summed E-state index contributed by atoms with van der Waals surface area (Å²) < 4.78 is 1.22. The van der Waals surface area contributed by atoms with Crippen LogP contribution in [0.25, 0.3) is 0 Å². The Bertz CT molecular complexity index is 175. The van der Waals surface area contributed by atoms with Crippen LogP contribution in [-0.4, -0.2) is 19.9 Å². The highest BCUT2D eigenvalue weighted by atomic mass is 35.5. The van der Waals surface area contributed by atoms with Gasteiger partial charge < -0.3 is 5.11 Å². The van der Waals surface area contributed by atoms with Gasteiger partial charge in [-0.2, -0.15) is 0 Å². The van der Waals surface area contributed by atoms with Crippen molar-refractivity contribution < 1.29 is 5.11 Å². The molecule has 0 saturated carbocycles. The maximum Gasteiger partial charge on any atom is 0.242 e. The zero-order valence-corrected chi connectivity index (χ0v) is 4.71. The summed E-state index contributed by atoms with van der Waals surface area (Å²) in [7, 11) is 0. The number of aromatic nitrogens is 3. The molecule has 5 heteroatoms. The summed E-state index contributed by atoms with van der Waals surface area (Å²) in [6.07, 6.45) is 1.35. The molecule has 0 saturated heterocycles. The molecule has 0 aliphatic carbocycles. The summed E-state index contributed by atoms with van der Waals surface area (Å²) in [4.78, 5) is 3.54. The van der Waals surface area contributed by atoms with Gasteiger partial charge in [-0.05, 0) is 11.6 Å². The minimum absolute atomic E-state index is 0.152. The van der Waals surface area contributed by atoms with E-state index < -0.39 is 0 Å². The van der Waals surface area contributed by atoms with Gasteiger partial charge in [0.1, 0.15) is 13.1 Å². The average Bonchev–Trinajstić information content (AvgIpc) is 2.14. The lowest BCUT2D eigenvalue weighted by atomic mass is 11.2. The highest BCUT2D eigenvalue weighted by Gasteiger charge is 1.90. The van der Waals surface area contributed by atoms with Crippen molar-refractivity contribution in [1.29, 1.82) is 0 Å². The fraction of sp³-hybridized carbons (Fsp3) is 0.333. The number of halogens is 1. The summed E-state index contributed by atoms with van der Waals surface area (Å²) in [5, 5.41) is 12.1. The van der Waals surface area contributed by atoms with Crippen LogP contribution in [-0.2, 0) is 6.73 Å². The van der Waals surface area contributed by atoms with Gasteiger partial charge in [0.25, 0.3) is 0 Å². The Labute approximate surface area is 50.7 Å². The quantitative estimate of drug-likeness (QED) is 0.581. The molecule has 1 rings (SSSR count). The first kappa shape index (κ1) is 5.53. The molecular formula is C3H4ClN3O. The fourth-order valence-electron chi connectivity index (χ4n) is 0.340. The van der Waals surface area contributed by atoms with Gasteiger partial charge in [-0.25, -0.2) is 9.67 Å². The molecule has 0 fully saturated rings. The van der Waals surface area contributed by atoms with Gasteiger partial charge in [0.15, 0.2) is 0 Å². The van der Waals surface area contributed by atoms with Crippen LogP contribution in [0.2, 0.25) is 5.28 Å². The van der Waals surface area contributed by atoms with Crippen molar-refractivity contribution in [3.8, 4) is 0 Å². The van der Waals surface area contributed by atoms with Crippen molar-refractivity contribution in [2.45, 2.75) is 6.73 Å². The molecule has 1 aromatic rings. The van der Waals surface area contributed by atoms with E-state index in [4.69, 9.17) is 16.7 Å². The molecule has 0 unspecified atom stereocenters. The summed E-state index contributed by atoms with van der Waals surface area (Å²) in [6.45, 7) is -0.181. The standard InChI is InChI=1S/C3H4ClN3O/c4-3-5-1-7(2-8)6-3/h1,8H,2H2. The van der Waals surface area contributed by atoms with Crippen LogP contribution in [0.3, 0.4) is 0 Å². The van der Waals surface area contributed by atoms with Crippen molar-refractivity contribution in [1.82, 2.24) is 14.8 Å².